The Morgan fingerprint density at radius 1 is 1.41 bits per heavy atom. The summed E-state index contributed by atoms with van der Waals surface area (Å²) in [6.45, 7) is 0.546. The molecule has 0 saturated heterocycles. The molecule has 5 nitrogen and oxygen atoms in total. The molecule has 0 aliphatic carbocycles. The van der Waals surface area contributed by atoms with E-state index in [2.05, 4.69) is 16.4 Å². The van der Waals surface area contributed by atoms with Gasteiger partial charge in [-0.15, -0.1) is 0 Å². The molecule has 1 aliphatic heterocycles. The Bertz CT molecular complexity index is 658. The van der Waals surface area contributed by atoms with Gasteiger partial charge in [-0.3, -0.25) is 9.78 Å². The first-order chi connectivity index (χ1) is 10.8. The largest absolute Gasteiger partial charge is 0.487 e. The van der Waals surface area contributed by atoms with Crippen molar-refractivity contribution in [3.63, 3.8) is 0 Å². The number of pyridine rings is 1. The van der Waals surface area contributed by atoms with Gasteiger partial charge in [-0.05, 0) is 11.6 Å². The fourth-order valence-electron chi connectivity index (χ4n) is 2.61. The Morgan fingerprint density at radius 3 is 3.09 bits per heavy atom. The van der Waals surface area contributed by atoms with Crippen molar-refractivity contribution in [2.75, 3.05) is 20.3 Å². The number of benzene rings is 1. The third-order valence-corrected chi connectivity index (χ3v) is 3.60. The lowest BCUT2D eigenvalue weighted by Crippen LogP contribution is -2.36. The van der Waals surface area contributed by atoms with E-state index in [0.717, 1.165) is 28.9 Å². The molecule has 1 aromatic heterocycles. The third kappa shape index (κ3) is 3.09. The summed E-state index contributed by atoms with van der Waals surface area (Å²) in [6, 6.07) is 10.0. The number of aromatic nitrogens is 1. The summed E-state index contributed by atoms with van der Waals surface area (Å²) in [6.07, 6.45) is 4.32. The van der Waals surface area contributed by atoms with Crippen molar-refractivity contribution < 1.29 is 14.3 Å². The first-order valence-electron chi connectivity index (χ1n) is 7.22. The molecule has 2 heterocycles. The SMILES string of the molecule is COCC(=O)NCC1Cc2cccc(-c3cccnc3)c2O1. The van der Waals surface area contributed by atoms with Gasteiger partial charge in [0, 0.05) is 37.1 Å². The fourth-order valence-corrected chi connectivity index (χ4v) is 2.61. The van der Waals surface area contributed by atoms with Crippen molar-refractivity contribution in [1.82, 2.24) is 10.3 Å². The summed E-state index contributed by atoms with van der Waals surface area (Å²) >= 11 is 0. The van der Waals surface area contributed by atoms with Crippen LogP contribution in [0, 0.1) is 0 Å². The van der Waals surface area contributed by atoms with Crippen molar-refractivity contribution >= 4 is 5.91 Å². The second-order valence-corrected chi connectivity index (χ2v) is 5.22. The summed E-state index contributed by atoms with van der Waals surface area (Å²) in [5.74, 6) is 0.760. The van der Waals surface area contributed by atoms with Gasteiger partial charge >= 0.3 is 0 Å². The zero-order chi connectivity index (χ0) is 15.4. The van der Waals surface area contributed by atoms with Crippen LogP contribution in [0.25, 0.3) is 11.1 Å². The van der Waals surface area contributed by atoms with Gasteiger partial charge in [-0.1, -0.05) is 24.3 Å². The number of para-hydroxylation sites is 1. The molecule has 1 unspecified atom stereocenters. The van der Waals surface area contributed by atoms with E-state index < -0.39 is 0 Å². The molecule has 0 saturated carbocycles. The molecule has 3 rings (SSSR count). The lowest BCUT2D eigenvalue weighted by Gasteiger charge is -2.13. The van der Waals surface area contributed by atoms with Gasteiger partial charge in [0.1, 0.15) is 18.5 Å². The van der Waals surface area contributed by atoms with Crippen LogP contribution in [-0.2, 0) is 16.0 Å². The number of ether oxygens (including phenoxy) is 2. The number of carbonyl (C=O) groups excluding carboxylic acids is 1. The number of hydrogen-bond acceptors (Lipinski definition) is 4. The Morgan fingerprint density at radius 2 is 2.32 bits per heavy atom. The highest BCUT2D eigenvalue weighted by Gasteiger charge is 2.25. The topological polar surface area (TPSA) is 60.5 Å². The number of amides is 1. The predicted octanol–water partition coefficient (Wildman–Crippen LogP) is 1.81. The number of rotatable bonds is 5. The van der Waals surface area contributed by atoms with Crippen molar-refractivity contribution in [2.45, 2.75) is 12.5 Å². The molecule has 0 fully saturated rings. The lowest BCUT2D eigenvalue weighted by atomic mass is 10.0. The maximum absolute atomic E-state index is 11.5. The molecule has 0 bridgehead atoms. The van der Waals surface area contributed by atoms with E-state index in [1.165, 1.54) is 7.11 Å². The lowest BCUT2D eigenvalue weighted by molar-refractivity contribution is -0.125. The van der Waals surface area contributed by atoms with Crippen LogP contribution in [0.1, 0.15) is 5.56 Å². The molecule has 22 heavy (non-hydrogen) atoms. The molecule has 5 heteroatoms. The van der Waals surface area contributed by atoms with Crippen molar-refractivity contribution in [3.05, 3.63) is 48.3 Å². The van der Waals surface area contributed by atoms with Crippen LogP contribution in [-0.4, -0.2) is 37.3 Å². The number of hydrogen-bond donors (Lipinski definition) is 1. The van der Waals surface area contributed by atoms with Crippen molar-refractivity contribution in [1.29, 1.82) is 0 Å². The molecular weight excluding hydrogens is 280 g/mol. The van der Waals surface area contributed by atoms with Gasteiger partial charge < -0.3 is 14.8 Å². The highest BCUT2D eigenvalue weighted by Crippen LogP contribution is 2.38. The smallest absolute Gasteiger partial charge is 0.246 e. The van der Waals surface area contributed by atoms with Crippen LogP contribution in [0.15, 0.2) is 42.7 Å². The van der Waals surface area contributed by atoms with E-state index in [0.29, 0.717) is 6.54 Å². The van der Waals surface area contributed by atoms with Crippen molar-refractivity contribution in [2.24, 2.45) is 0 Å². The van der Waals surface area contributed by atoms with E-state index in [9.17, 15) is 4.79 Å². The first kappa shape index (κ1) is 14.5. The normalized spacial score (nSPS) is 16.0. The second kappa shape index (κ2) is 6.58. The number of methoxy groups -OCH3 is 1. The minimum absolute atomic E-state index is 0.0476. The minimum atomic E-state index is -0.130. The third-order valence-electron chi connectivity index (χ3n) is 3.60. The Hall–Kier alpha value is -2.40. The van der Waals surface area contributed by atoms with Gasteiger partial charge in [0.25, 0.3) is 0 Å². The average Bonchev–Trinajstić information content (AvgIpc) is 2.97. The molecule has 2 aromatic rings. The van der Waals surface area contributed by atoms with E-state index in [-0.39, 0.29) is 18.6 Å². The Labute approximate surface area is 129 Å². The van der Waals surface area contributed by atoms with E-state index in [4.69, 9.17) is 9.47 Å². The molecule has 1 atom stereocenters. The Kier molecular flexibility index (Phi) is 4.34. The molecule has 114 valence electrons. The highest BCUT2D eigenvalue weighted by atomic mass is 16.5. The molecule has 1 aliphatic rings. The predicted molar refractivity (Wildman–Crippen MR) is 82.7 cm³/mol. The summed E-state index contributed by atoms with van der Waals surface area (Å²) in [7, 11) is 1.50. The highest BCUT2D eigenvalue weighted by molar-refractivity contribution is 5.77. The Balaban J connectivity index is 1.72. The second-order valence-electron chi connectivity index (χ2n) is 5.22. The summed E-state index contributed by atoms with van der Waals surface area (Å²) < 4.78 is 10.8. The molecular formula is C17H18N2O3. The van der Waals surface area contributed by atoms with Gasteiger partial charge in [-0.2, -0.15) is 0 Å². The summed E-state index contributed by atoms with van der Waals surface area (Å²) in [4.78, 5) is 15.6. The maximum atomic E-state index is 11.5. The number of nitrogens with zero attached hydrogens (tertiary/aromatic N) is 1. The van der Waals surface area contributed by atoms with Crippen LogP contribution in [0.2, 0.25) is 0 Å². The first-order valence-corrected chi connectivity index (χ1v) is 7.22. The van der Waals surface area contributed by atoms with Crippen LogP contribution in [0.3, 0.4) is 0 Å². The molecule has 1 aromatic carbocycles. The molecule has 1 N–H and O–H groups in total. The number of fused-ring (bicyclic) bond motifs is 1. The van der Waals surface area contributed by atoms with Crippen LogP contribution in [0.5, 0.6) is 5.75 Å². The van der Waals surface area contributed by atoms with Gasteiger partial charge in [-0.25, -0.2) is 0 Å². The summed E-state index contributed by atoms with van der Waals surface area (Å²) in [5.41, 5.74) is 3.23. The van der Waals surface area contributed by atoms with Crippen molar-refractivity contribution in [3.8, 4) is 16.9 Å². The van der Waals surface area contributed by atoms with Crippen LogP contribution < -0.4 is 10.1 Å². The minimum Gasteiger partial charge on any atom is -0.487 e. The molecule has 0 spiro atoms. The standard InChI is InChI=1S/C17H18N2O3/c1-21-11-16(20)19-10-14-8-12-4-2-6-15(17(12)22-14)13-5-3-7-18-9-13/h2-7,9,14H,8,10-11H2,1H3,(H,19,20). The van der Waals surface area contributed by atoms with E-state index in [1.54, 1.807) is 6.20 Å². The monoisotopic (exact) mass is 298 g/mol. The van der Waals surface area contributed by atoms with Crippen LogP contribution in [0.4, 0.5) is 0 Å². The van der Waals surface area contributed by atoms with Gasteiger partial charge in [0.2, 0.25) is 5.91 Å². The zero-order valence-electron chi connectivity index (χ0n) is 12.4. The summed E-state index contributed by atoms with van der Waals surface area (Å²) in [5, 5.41) is 2.82. The van der Waals surface area contributed by atoms with Gasteiger partial charge in [0.05, 0.1) is 6.54 Å². The molecule has 1 amide bonds. The number of carbonyl (C=O) groups is 1. The van der Waals surface area contributed by atoms with Crippen LogP contribution >= 0.6 is 0 Å². The quantitative estimate of drug-likeness (QED) is 0.914. The zero-order valence-corrected chi connectivity index (χ0v) is 12.4. The average molecular weight is 298 g/mol. The number of nitrogens with one attached hydrogen (secondary N) is 1. The van der Waals surface area contributed by atoms with E-state index in [1.807, 2.05) is 30.5 Å². The van der Waals surface area contributed by atoms with E-state index >= 15 is 0 Å². The maximum Gasteiger partial charge on any atom is 0.246 e. The molecule has 0 radical (unpaired) electrons. The van der Waals surface area contributed by atoms with Gasteiger partial charge in [0.15, 0.2) is 0 Å². The fraction of sp³-hybridized carbons (Fsp3) is 0.294.